The molecule has 21 heavy (non-hydrogen) atoms. The van der Waals surface area contributed by atoms with E-state index in [4.69, 9.17) is 0 Å². The summed E-state index contributed by atoms with van der Waals surface area (Å²) in [5, 5.41) is 8.01. The highest BCUT2D eigenvalue weighted by Gasteiger charge is 2.15. The minimum absolute atomic E-state index is 0.293. The molecule has 114 valence electrons. The Kier molecular flexibility index (Phi) is 6.45. The highest BCUT2D eigenvalue weighted by molar-refractivity contribution is 9.11. The zero-order valence-corrected chi connectivity index (χ0v) is 15.6. The standard InChI is InChI=1S/C16H21Br2N3/c1-3-7-19-16(8-12-10-20-21(4-2)11-12)14-6-5-13(17)9-15(14)18/h5-6,9-11,16,19H,3-4,7-8H2,1-2H3. The quantitative estimate of drug-likeness (QED) is 0.710. The zero-order valence-electron chi connectivity index (χ0n) is 12.4. The number of benzene rings is 1. The molecule has 0 saturated heterocycles. The molecule has 1 aromatic heterocycles. The van der Waals surface area contributed by atoms with Gasteiger partial charge in [0, 0.05) is 27.7 Å². The fourth-order valence-corrected chi connectivity index (χ4v) is 3.64. The van der Waals surface area contributed by atoms with Crippen molar-refractivity contribution in [1.29, 1.82) is 0 Å². The van der Waals surface area contributed by atoms with E-state index in [-0.39, 0.29) is 0 Å². The van der Waals surface area contributed by atoms with Gasteiger partial charge in [-0.05, 0) is 49.6 Å². The molecule has 1 unspecified atom stereocenters. The Morgan fingerprint density at radius 3 is 2.71 bits per heavy atom. The van der Waals surface area contributed by atoms with Crippen molar-refractivity contribution in [2.24, 2.45) is 0 Å². The smallest absolute Gasteiger partial charge is 0.0522 e. The Morgan fingerprint density at radius 2 is 2.10 bits per heavy atom. The number of halogens is 2. The molecule has 1 atom stereocenters. The fourth-order valence-electron chi connectivity index (χ4n) is 2.32. The maximum atomic E-state index is 4.37. The summed E-state index contributed by atoms with van der Waals surface area (Å²) in [5.74, 6) is 0. The molecule has 1 heterocycles. The fraction of sp³-hybridized carbons (Fsp3) is 0.438. The molecule has 0 aliphatic heterocycles. The van der Waals surface area contributed by atoms with Gasteiger partial charge in [-0.2, -0.15) is 5.10 Å². The molecule has 0 aliphatic rings. The van der Waals surface area contributed by atoms with Crippen LogP contribution < -0.4 is 5.32 Å². The van der Waals surface area contributed by atoms with Crippen molar-refractivity contribution in [3.8, 4) is 0 Å². The molecule has 0 aliphatic carbocycles. The van der Waals surface area contributed by atoms with Gasteiger partial charge in [-0.3, -0.25) is 4.68 Å². The van der Waals surface area contributed by atoms with Gasteiger partial charge in [-0.1, -0.05) is 44.8 Å². The molecule has 1 aromatic carbocycles. The molecular weight excluding hydrogens is 394 g/mol. The number of aromatic nitrogens is 2. The number of nitrogens with zero attached hydrogens (tertiary/aromatic N) is 2. The van der Waals surface area contributed by atoms with Crippen molar-refractivity contribution in [3.63, 3.8) is 0 Å². The van der Waals surface area contributed by atoms with Gasteiger partial charge in [0.25, 0.3) is 0 Å². The molecule has 0 spiro atoms. The summed E-state index contributed by atoms with van der Waals surface area (Å²) < 4.78 is 4.20. The molecule has 0 amide bonds. The molecule has 0 fully saturated rings. The van der Waals surface area contributed by atoms with Gasteiger partial charge >= 0.3 is 0 Å². The first kappa shape index (κ1) is 16.7. The van der Waals surface area contributed by atoms with Gasteiger partial charge in [0.05, 0.1) is 6.20 Å². The van der Waals surface area contributed by atoms with E-state index < -0.39 is 0 Å². The van der Waals surface area contributed by atoms with Gasteiger partial charge < -0.3 is 5.32 Å². The molecule has 0 radical (unpaired) electrons. The minimum Gasteiger partial charge on any atom is -0.310 e. The van der Waals surface area contributed by atoms with Gasteiger partial charge in [0.2, 0.25) is 0 Å². The summed E-state index contributed by atoms with van der Waals surface area (Å²) in [6.07, 6.45) is 6.17. The molecule has 1 N–H and O–H groups in total. The van der Waals surface area contributed by atoms with Crippen LogP contribution in [-0.2, 0) is 13.0 Å². The van der Waals surface area contributed by atoms with E-state index in [0.717, 1.165) is 34.9 Å². The predicted molar refractivity (Wildman–Crippen MR) is 94.5 cm³/mol. The third-order valence-electron chi connectivity index (χ3n) is 3.43. The van der Waals surface area contributed by atoms with Crippen LogP contribution in [0.15, 0.2) is 39.5 Å². The highest BCUT2D eigenvalue weighted by atomic mass is 79.9. The summed E-state index contributed by atoms with van der Waals surface area (Å²) in [5.41, 5.74) is 2.55. The van der Waals surface area contributed by atoms with E-state index in [0.29, 0.717) is 6.04 Å². The van der Waals surface area contributed by atoms with Crippen LogP contribution in [-0.4, -0.2) is 16.3 Å². The second-order valence-corrected chi connectivity index (χ2v) is 6.85. The van der Waals surface area contributed by atoms with Crippen molar-refractivity contribution in [2.75, 3.05) is 6.54 Å². The van der Waals surface area contributed by atoms with Crippen LogP contribution in [0, 0.1) is 0 Å². The Hall–Kier alpha value is -0.650. The monoisotopic (exact) mass is 413 g/mol. The highest BCUT2D eigenvalue weighted by Crippen LogP contribution is 2.29. The van der Waals surface area contributed by atoms with E-state index in [1.54, 1.807) is 0 Å². The van der Waals surface area contributed by atoms with Crippen LogP contribution in [0.3, 0.4) is 0 Å². The Balaban J connectivity index is 2.20. The number of aryl methyl sites for hydroxylation is 1. The molecule has 0 saturated carbocycles. The average Bonchev–Trinajstić information content (AvgIpc) is 2.91. The van der Waals surface area contributed by atoms with Crippen molar-refractivity contribution in [2.45, 2.75) is 39.3 Å². The summed E-state index contributed by atoms with van der Waals surface area (Å²) in [7, 11) is 0. The molecule has 2 rings (SSSR count). The van der Waals surface area contributed by atoms with Gasteiger partial charge in [-0.15, -0.1) is 0 Å². The van der Waals surface area contributed by atoms with Gasteiger partial charge in [0.1, 0.15) is 0 Å². The topological polar surface area (TPSA) is 29.9 Å². The molecule has 3 nitrogen and oxygen atoms in total. The lowest BCUT2D eigenvalue weighted by molar-refractivity contribution is 0.527. The van der Waals surface area contributed by atoms with Crippen molar-refractivity contribution in [1.82, 2.24) is 15.1 Å². The maximum Gasteiger partial charge on any atom is 0.0522 e. The third kappa shape index (κ3) is 4.66. The number of rotatable bonds is 7. The molecule has 5 heteroatoms. The number of hydrogen-bond donors (Lipinski definition) is 1. The zero-order chi connectivity index (χ0) is 15.2. The Bertz CT molecular complexity index is 581. The number of nitrogens with one attached hydrogen (secondary N) is 1. The van der Waals surface area contributed by atoms with Crippen LogP contribution in [0.4, 0.5) is 0 Å². The predicted octanol–water partition coefficient (Wildman–Crippen LogP) is 4.71. The van der Waals surface area contributed by atoms with Gasteiger partial charge in [0.15, 0.2) is 0 Å². The second-order valence-electron chi connectivity index (χ2n) is 5.08. The summed E-state index contributed by atoms with van der Waals surface area (Å²) >= 11 is 7.19. The van der Waals surface area contributed by atoms with Crippen molar-refractivity contribution < 1.29 is 0 Å². The first-order valence-corrected chi connectivity index (χ1v) is 8.92. The lowest BCUT2D eigenvalue weighted by Gasteiger charge is -2.20. The van der Waals surface area contributed by atoms with E-state index in [2.05, 4.69) is 80.5 Å². The van der Waals surface area contributed by atoms with Crippen molar-refractivity contribution in [3.05, 3.63) is 50.7 Å². The lowest BCUT2D eigenvalue weighted by atomic mass is 10.0. The van der Waals surface area contributed by atoms with Crippen LogP contribution in [0.5, 0.6) is 0 Å². The summed E-state index contributed by atoms with van der Waals surface area (Å²) in [6.45, 7) is 6.22. The maximum absolute atomic E-state index is 4.37. The lowest BCUT2D eigenvalue weighted by Crippen LogP contribution is -2.24. The third-order valence-corrected chi connectivity index (χ3v) is 4.61. The van der Waals surface area contributed by atoms with E-state index in [1.807, 2.05) is 10.9 Å². The first-order valence-electron chi connectivity index (χ1n) is 7.33. The SMILES string of the molecule is CCCNC(Cc1cnn(CC)c1)c1ccc(Br)cc1Br. The summed E-state index contributed by atoms with van der Waals surface area (Å²) in [6, 6.07) is 6.66. The average molecular weight is 415 g/mol. The molecule has 2 aromatic rings. The van der Waals surface area contributed by atoms with Crippen molar-refractivity contribution >= 4 is 31.9 Å². The van der Waals surface area contributed by atoms with E-state index in [9.17, 15) is 0 Å². The molecular formula is C16H21Br2N3. The Morgan fingerprint density at radius 1 is 1.29 bits per heavy atom. The first-order chi connectivity index (χ1) is 10.1. The van der Waals surface area contributed by atoms with Crippen LogP contribution in [0.25, 0.3) is 0 Å². The minimum atomic E-state index is 0.293. The van der Waals surface area contributed by atoms with Gasteiger partial charge in [-0.25, -0.2) is 0 Å². The van der Waals surface area contributed by atoms with Crippen LogP contribution in [0.2, 0.25) is 0 Å². The van der Waals surface area contributed by atoms with E-state index >= 15 is 0 Å². The normalized spacial score (nSPS) is 12.6. The largest absolute Gasteiger partial charge is 0.310 e. The summed E-state index contributed by atoms with van der Waals surface area (Å²) in [4.78, 5) is 0. The second kappa shape index (κ2) is 8.11. The van der Waals surface area contributed by atoms with Crippen LogP contribution >= 0.6 is 31.9 Å². The van der Waals surface area contributed by atoms with E-state index in [1.165, 1.54) is 11.1 Å². The Labute approximate surface area is 143 Å². The van der Waals surface area contributed by atoms with Crippen LogP contribution in [0.1, 0.15) is 37.4 Å². The number of hydrogen-bond acceptors (Lipinski definition) is 2. The molecule has 0 bridgehead atoms.